The molecule has 5 heteroatoms. The quantitative estimate of drug-likeness (QED) is 0.877. The van der Waals surface area contributed by atoms with Crippen molar-refractivity contribution in [3.63, 3.8) is 0 Å². The van der Waals surface area contributed by atoms with Crippen molar-refractivity contribution in [2.24, 2.45) is 0 Å². The number of carbonyl (C=O) groups is 1. The number of aromatic amines is 1. The van der Waals surface area contributed by atoms with Crippen LogP contribution in [0.15, 0.2) is 18.2 Å². The molecule has 1 aromatic carbocycles. The first-order chi connectivity index (χ1) is 9.99. The van der Waals surface area contributed by atoms with Gasteiger partial charge in [-0.3, -0.25) is 4.79 Å². The normalized spacial score (nSPS) is 22.8. The predicted octanol–water partition coefficient (Wildman–Crippen LogP) is 2.86. The van der Waals surface area contributed by atoms with Crippen molar-refractivity contribution in [1.82, 2.24) is 9.88 Å². The highest BCUT2D eigenvalue weighted by molar-refractivity contribution is 6.08. The first-order valence-electron chi connectivity index (χ1n) is 7.17. The first-order valence-corrected chi connectivity index (χ1v) is 7.17. The van der Waals surface area contributed by atoms with Gasteiger partial charge in [0.15, 0.2) is 0 Å². The average molecular weight is 290 g/mol. The molecule has 112 valence electrons. The van der Waals surface area contributed by atoms with E-state index in [1.165, 1.54) is 12.1 Å². The number of nitrogens with one attached hydrogen (secondary N) is 1. The van der Waals surface area contributed by atoms with Gasteiger partial charge in [0.2, 0.25) is 0 Å². The van der Waals surface area contributed by atoms with E-state index in [4.69, 9.17) is 4.74 Å². The molecule has 1 saturated heterocycles. The zero-order chi connectivity index (χ0) is 15.1. The van der Waals surface area contributed by atoms with Crippen LogP contribution in [-0.2, 0) is 4.74 Å². The molecule has 2 heterocycles. The van der Waals surface area contributed by atoms with Crippen molar-refractivity contribution in [2.45, 2.75) is 32.9 Å². The largest absolute Gasteiger partial charge is 0.377 e. The van der Waals surface area contributed by atoms with Crippen LogP contribution in [0.1, 0.15) is 29.9 Å². The van der Waals surface area contributed by atoms with Crippen LogP contribution in [0, 0.1) is 12.7 Å². The van der Waals surface area contributed by atoms with E-state index in [-0.39, 0.29) is 23.8 Å². The van der Waals surface area contributed by atoms with Crippen LogP contribution in [-0.4, -0.2) is 41.1 Å². The zero-order valence-corrected chi connectivity index (χ0v) is 12.4. The second-order valence-corrected chi connectivity index (χ2v) is 5.76. The number of ether oxygens (including phenoxy) is 1. The maximum Gasteiger partial charge on any atom is 0.256 e. The average Bonchev–Trinajstić information content (AvgIpc) is 2.73. The number of nitrogens with zero attached hydrogens (tertiary/aromatic N) is 1. The molecule has 1 N–H and O–H groups in total. The Hall–Kier alpha value is -1.88. The maximum atomic E-state index is 13.5. The van der Waals surface area contributed by atoms with E-state index in [0.29, 0.717) is 24.2 Å². The van der Waals surface area contributed by atoms with E-state index in [1.54, 1.807) is 6.07 Å². The molecule has 0 saturated carbocycles. The number of halogens is 1. The number of amides is 1. The molecular formula is C16H19FN2O2. The van der Waals surface area contributed by atoms with Gasteiger partial charge in [-0.15, -0.1) is 0 Å². The van der Waals surface area contributed by atoms with Gasteiger partial charge in [0.1, 0.15) is 5.82 Å². The Kier molecular flexibility index (Phi) is 3.45. The number of hydrogen-bond donors (Lipinski definition) is 1. The Bertz CT molecular complexity index is 685. The SMILES string of the molecule is Cc1[nH]c2ccc(F)cc2c1C(=O)N1C(C)COCC1C. The van der Waals surface area contributed by atoms with Crippen LogP contribution in [0.4, 0.5) is 4.39 Å². The molecule has 1 aromatic heterocycles. The van der Waals surface area contributed by atoms with Crippen LogP contribution in [0.3, 0.4) is 0 Å². The molecule has 1 aliphatic rings. The fraction of sp³-hybridized carbons (Fsp3) is 0.438. The summed E-state index contributed by atoms with van der Waals surface area (Å²) in [5.41, 5.74) is 2.11. The highest BCUT2D eigenvalue weighted by Gasteiger charge is 2.32. The van der Waals surface area contributed by atoms with Gasteiger partial charge >= 0.3 is 0 Å². The minimum Gasteiger partial charge on any atom is -0.377 e. The summed E-state index contributed by atoms with van der Waals surface area (Å²) in [5.74, 6) is -0.397. The van der Waals surface area contributed by atoms with Crippen molar-refractivity contribution in [1.29, 1.82) is 0 Å². The predicted molar refractivity (Wildman–Crippen MR) is 78.9 cm³/mol. The minimum atomic E-state index is -0.335. The maximum absolute atomic E-state index is 13.5. The second-order valence-electron chi connectivity index (χ2n) is 5.76. The molecule has 1 fully saturated rings. The van der Waals surface area contributed by atoms with Gasteiger partial charge in [-0.05, 0) is 39.0 Å². The number of aromatic nitrogens is 1. The van der Waals surface area contributed by atoms with E-state index in [0.717, 1.165) is 11.2 Å². The molecule has 0 spiro atoms. The van der Waals surface area contributed by atoms with Crippen LogP contribution in [0.25, 0.3) is 10.9 Å². The van der Waals surface area contributed by atoms with Crippen molar-refractivity contribution in [3.05, 3.63) is 35.3 Å². The molecule has 1 amide bonds. The third kappa shape index (κ3) is 2.31. The minimum absolute atomic E-state index is 0.0131. The number of aryl methyl sites for hydroxylation is 1. The monoisotopic (exact) mass is 290 g/mol. The van der Waals surface area contributed by atoms with E-state index in [2.05, 4.69) is 4.98 Å². The van der Waals surface area contributed by atoms with Crippen LogP contribution in [0.2, 0.25) is 0 Å². The summed E-state index contributed by atoms with van der Waals surface area (Å²) in [6.45, 7) is 6.86. The van der Waals surface area contributed by atoms with Crippen LogP contribution in [0.5, 0.6) is 0 Å². The summed E-state index contributed by atoms with van der Waals surface area (Å²) < 4.78 is 19.0. The van der Waals surface area contributed by atoms with Gasteiger partial charge < -0.3 is 14.6 Å². The number of rotatable bonds is 1. The van der Waals surface area contributed by atoms with Gasteiger partial charge in [0.25, 0.3) is 5.91 Å². The lowest BCUT2D eigenvalue weighted by molar-refractivity contribution is -0.0248. The van der Waals surface area contributed by atoms with E-state index in [1.807, 2.05) is 25.7 Å². The van der Waals surface area contributed by atoms with Crippen LogP contribution >= 0.6 is 0 Å². The summed E-state index contributed by atoms with van der Waals surface area (Å²) in [6.07, 6.45) is 0. The topological polar surface area (TPSA) is 45.3 Å². The lowest BCUT2D eigenvalue weighted by Gasteiger charge is -2.38. The van der Waals surface area contributed by atoms with Crippen molar-refractivity contribution in [2.75, 3.05) is 13.2 Å². The van der Waals surface area contributed by atoms with Gasteiger partial charge in [0, 0.05) is 16.6 Å². The standard InChI is InChI=1S/C16H19FN2O2/c1-9-7-21-8-10(2)19(9)16(20)15-11(3)18-14-5-4-12(17)6-13(14)15/h4-6,9-10,18H,7-8H2,1-3H3. The molecule has 3 rings (SSSR count). The molecule has 0 bridgehead atoms. The molecule has 0 aliphatic carbocycles. The van der Waals surface area contributed by atoms with Gasteiger partial charge in [-0.1, -0.05) is 0 Å². The highest BCUT2D eigenvalue weighted by atomic mass is 19.1. The molecule has 0 radical (unpaired) electrons. The van der Waals surface area contributed by atoms with Gasteiger partial charge in [0.05, 0.1) is 30.9 Å². The summed E-state index contributed by atoms with van der Waals surface area (Å²) in [6, 6.07) is 4.51. The number of fused-ring (bicyclic) bond motifs is 1. The third-order valence-corrected chi connectivity index (χ3v) is 4.06. The lowest BCUT2D eigenvalue weighted by Crippen LogP contribution is -2.52. The highest BCUT2D eigenvalue weighted by Crippen LogP contribution is 2.27. The number of H-pyrrole nitrogens is 1. The Morgan fingerprint density at radius 2 is 2.00 bits per heavy atom. The van der Waals surface area contributed by atoms with Crippen molar-refractivity contribution >= 4 is 16.8 Å². The summed E-state index contributed by atoms with van der Waals surface area (Å²) in [7, 11) is 0. The Labute approximate surface area is 122 Å². The van der Waals surface area contributed by atoms with Crippen molar-refractivity contribution < 1.29 is 13.9 Å². The fourth-order valence-electron chi connectivity index (χ4n) is 3.11. The zero-order valence-electron chi connectivity index (χ0n) is 12.4. The first kappa shape index (κ1) is 14.1. The van der Waals surface area contributed by atoms with Gasteiger partial charge in [-0.25, -0.2) is 4.39 Å². The number of carbonyl (C=O) groups excluding carboxylic acids is 1. The summed E-state index contributed by atoms with van der Waals surface area (Å²) in [4.78, 5) is 18.0. The lowest BCUT2D eigenvalue weighted by atomic mass is 10.1. The summed E-state index contributed by atoms with van der Waals surface area (Å²) in [5, 5.41) is 0.642. The molecule has 21 heavy (non-hydrogen) atoms. The third-order valence-electron chi connectivity index (χ3n) is 4.06. The smallest absolute Gasteiger partial charge is 0.256 e. The second kappa shape index (κ2) is 5.15. The van der Waals surface area contributed by atoms with Gasteiger partial charge in [-0.2, -0.15) is 0 Å². The Balaban J connectivity index is 2.08. The summed E-state index contributed by atoms with van der Waals surface area (Å²) >= 11 is 0. The molecule has 4 nitrogen and oxygen atoms in total. The van der Waals surface area contributed by atoms with E-state index >= 15 is 0 Å². The molecule has 2 atom stereocenters. The Morgan fingerprint density at radius 1 is 1.33 bits per heavy atom. The van der Waals surface area contributed by atoms with Crippen LogP contribution < -0.4 is 0 Å². The fourth-order valence-corrected chi connectivity index (χ4v) is 3.11. The molecular weight excluding hydrogens is 271 g/mol. The van der Waals surface area contributed by atoms with E-state index in [9.17, 15) is 9.18 Å². The number of hydrogen-bond acceptors (Lipinski definition) is 2. The molecule has 1 aliphatic heterocycles. The van der Waals surface area contributed by atoms with E-state index < -0.39 is 0 Å². The molecule has 2 unspecified atom stereocenters. The Morgan fingerprint density at radius 3 is 2.67 bits per heavy atom. The number of morpholine rings is 1. The molecule has 2 aromatic rings. The van der Waals surface area contributed by atoms with Crippen molar-refractivity contribution in [3.8, 4) is 0 Å². The number of benzene rings is 1.